The molecular formula is C24H34N4O2. The highest BCUT2D eigenvalue weighted by Crippen LogP contribution is 2.36. The van der Waals surface area contributed by atoms with Gasteiger partial charge < -0.3 is 15.0 Å². The average molecular weight is 411 g/mol. The molecule has 2 fully saturated rings. The maximum Gasteiger partial charge on any atom is 0.317 e. The zero-order valence-electron chi connectivity index (χ0n) is 17.9. The van der Waals surface area contributed by atoms with Gasteiger partial charge in [-0.25, -0.2) is 4.79 Å². The van der Waals surface area contributed by atoms with Gasteiger partial charge in [0.15, 0.2) is 0 Å². The number of nitrogens with one attached hydrogen (secondary N) is 2. The molecule has 30 heavy (non-hydrogen) atoms. The minimum Gasteiger partial charge on any atom is -0.376 e. The number of rotatable bonds is 6. The van der Waals surface area contributed by atoms with E-state index in [1.54, 1.807) is 0 Å². The first-order valence-corrected chi connectivity index (χ1v) is 11.5. The third kappa shape index (κ3) is 4.86. The molecule has 0 radical (unpaired) electrons. The molecule has 2 aromatic rings. The summed E-state index contributed by atoms with van der Waals surface area (Å²) in [7, 11) is 0. The van der Waals surface area contributed by atoms with Crippen molar-refractivity contribution in [2.24, 2.45) is 0 Å². The number of urea groups is 1. The van der Waals surface area contributed by atoms with Crippen LogP contribution in [0.15, 0.2) is 42.6 Å². The lowest BCUT2D eigenvalue weighted by Gasteiger charge is -2.41. The van der Waals surface area contributed by atoms with Crippen molar-refractivity contribution in [2.45, 2.75) is 69.4 Å². The van der Waals surface area contributed by atoms with E-state index in [0.29, 0.717) is 19.1 Å². The summed E-state index contributed by atoms with van der Waals surface area (Å²) in [5.41, 5.74) is 2.48. The number of benzene rings is 1. The molecule has 162 valence electrons. The second-order valence-electron chi connectivity index (χ2n) is 8.56. The fourth-order valence-electron chi connectivity index (χ4n) is 5.11. The van der Waals surface area contributed by atoms with Crippen LogP contribution in [-0.4, -0.2) is 53.0 Å². The van der Waals surface area contributed by atoms with Gasteiger partial charge in [0.1, 0.15) is 0 Å². The summed E-state index contributed by atoms with van der Waals surface area (Å²) in [6, 6.07) is 12.9. The summed E-state index contributed by atoms with van der Waals surface area (Å²) in [5.74, 6) is 0.859. The summed E-state index contributed by atoms with van der Waals surface area (Å²) in [5, 5.41) is 10.3. The van der Waals surface area contributed by atoms with Crippen LogP contribution in [0.25, 0.3) is 0 Å². The minimum absolute atomic E-state index is 0.0131. The quantitative estimate of drug-likeness (QED) is 0.740. The predicted octanol–water partition coefficient (Wildman–Crippen LogP) is 4.43. The van der Waals surface area contributed by atoms with Crippen LogP contribution >= 0.6 is 0 Å². The maximum absolute atomic E-state index is 12.7. The van der Waals surface area contributed by atoms with Gasteiger partial charge in [-0.05, 0) is 63.0 Å². The van der Waals surface area contributed by atoms with Gasteiger partial charge in [-0.2, -0.15) is 5.10 Å². The Morgan fingerprint density at radius 3 is 2.67 bits per heavy atom. The van der Waals surface area contributed by atoms with Crippen LogP contribution in [0.4, 0.5) is 4.79 Å². The van der Waals surface area contributed by atoms with Gasteiger partial charge in [-0.3, -0.25) is 5.10 Å². The van der Waals surface area contributed by atoms with E-state index in [4.69, 9.17) is 4.74 Å². The lowest BCUT2D eigenvalue weighted by Crippen LogP contribution is -2.53. The third-order valence-electron chi connectivity index (χ3n) is 6.72. The Bertz CT molecular complexity index is 772. The second-order valence-corrected chi connectivity index (χ2v) is 8.56. The van der Waals surface area contributed by atoms with Gasteiger partial charge in [0, 0.05) is 25.2 Å². The van der Waals surface area contributed by atoms with Crippen LogP contribution in [0.1, 0.15) is 68.5 Å². The van der Waals surface area contributed by atoms with Crippen molar-refractivity contribution in [2.75, 3.05) is 19.7 Å². The first kappa shape index (κ1) is 20.9. The van der Waals surface area contributed by atoms with Gasteiger partial charge in [0.25, 0.3) is 0 Å². The van der Waals surface area contributed by atoms with Crippen LogP contribution in [0, 0.1) is 0 Å². The lowest BCUT2D eigenvalue weighted by molar-refractivity contribution is -0.0170. The highest BCUT2D eigenvalue weighted by Gasteiger charge is 2.37. The zero-order chi connectivity index (χ0) is 20.8. The molecule has 2 atom stereocenters. The van der Waals surface area contributed by atoms with Gasteiger partial charge in [0.2, 0.25) is 0 Å². The summed E-state index contributed by atoms with van der Waals surface area (Å²) in [6.45, 7) is 3.96. The highest BCUT2D eigenvalue weighted by atomic mass is 16.5. The molecule has 2 heterocycles. The molecule has 2 amide bonds. The SMILES string of the molecule is CCNC(=O)N1CCC[C@H](c2cc[nH]n2)[C@@H]1COC1CCC(c2ccccc2)CC1. The van der Waals surface area contributed by atoms with Crippen molar-refractivity contribution in [3.8, 4) is 0 Å². The molecule has 2 N–H and O–H groups in total. The molecule has 6 nitrogen and oxygen atoms in total. The molecule has 1 aliphatic heterocycles. The Morgan fingerprint density at radius 2 is 1.97 bits per heavy atom. The molecule has 0 spiro atoms. The van der Waals surface area contributed by atoms with E-state index in [-0.39, 0.29) is 24.1 Å². The monoisotopic (exact) mass is 410 g/mol. The topological polar surface area (TPSA) is 70.2 Å². The molecule has 0 bridgehead atoms. The lowest BCUT2D eigenvalue weighted by atomic mass is 9.82. The number of hydrogen-bond acceptors (Lipinski definition) is 3. The Hall–Kier alpha value is -2.34. The third-order valence-corrected chi connectivity index (χ3v) is 6.72. The molecule has 6 heteroatoms. The summed E-state index contributed by atoms with van der Waals surface area (Å²) in [6.07, 6.45) is 8.68. The average Bonchev–Trinajstić information content (AvgIpc) is 3.33. The van der Waals surface area contributed by atoms with Crippen LogP contribution in [0.5, 0.6) is 0 Å². The Morgan fingerprint density at radius 1 is 1.17 bits per heavy atom. The molecule has 1 aromatic carbocycles. The Balaban J connectivity index is 1.38. The van der Waals surface area contributed by atoms with Crippen LogP contribution < -0.4 is 5.32 Å². The van der Waals surface area contributed by atoms with Crippen LogP contribution in [0.2, 0.25) is 0 Å². The highest BCUT2D eigenvalue weighted by molar-refractivity contribution is 5.74. The zero-order valence-corrected chi connectivity index (χ0v) is 17.9. The number of carbonyl (C=O) groups excluding carboxylic acids is 1. The second kappa shape index (κ2) is 10.1. The van der Waals surface area contributed by atoms with E-state index in [0.717, 1.165) is 37.9 Å². The van der Waals surface area contributed by atoms with Crippen LogP contribution in [0.3, 0.4) is 0 Å². The van der Waals surface area contributed by atoms with Gasteiger partial charge in [-0.15, -0.1) is 0 Å². The summed E-state index contributed by atoms with van der Waals surface area (Å²) < 4.78 is 6.43. The Kier molecular flexibility index (Phi) is 7.05. The first-order chi connectivity index (χ1) is 14.8. The number of carbonyl (C=O) groups is 1. The maximum atomic E-state index is 12.7. The largest absolute Gasteiger partial charge is 0.376 e. The fourth-order valence-corrected chi connectivity index (χ4v) is 5.11. The van der Waals surface area contributed by atoms with Crippen molar-refractivity contribution in [3.63, 3.8) is 0 Å². The van der Waals surface area contributed by atoms with Gasteiger partial charge >= 0.3 is 6.03 Å². The number of likely N-dealkylation sites (tertiary alicyclic amines) is 1. The number of piperidine rings is 1. The van der Waals surface area contributed by atoms with E-state index in [1.165, 1.54) is 18.4 Å². The van der Waals surface area contributed by atoms with E-state index in [1.807, 2.05) is 24.1 Å². The predicted molar refractivity (Wildman–Crippen MR) is 118 cm³/mol. The molecule has 1 saturated carbocycles. The van der Waals surface area contributed by atoms with Crippen molar-refractivity contribution >= 4 is 6.03 Å². The van der Waals surface area contributed by atoms with Crippen molar-refractivity contribution in [1.82, 2.24) is 20.4 Å². The molecule has 1 saturated heterocycles. The molecule has 0 unspecified atom stereocenters. The van der Waals surface area contributed by atoms with E-state index in [9.17, 15) is 4.79 Å². The van der Waals surface area contributed by atoms with Gasteiger partial charge in [-0.1, -0.05) is 30.3 Å². The summed E-state index contributed by atoms with van der Waals surface area (Å²) >= 11 is 0. The smallest absolute Gasteiger partial charge is 0.317 e. The van der Waals surface area contributed by atoms with E-state index >= 15 is 0 Å². The summed E-state index contributed by atoms with van der Waals surface area (Å²) in [4.78, 5) is 14.7. The first-order valence-electron chi connectivity index (χ1n) is 11.5. The fraction of sp³-hybridized carbons (Fsp3) is 0.583. The minimum atomic E-state index is 0.0131. The molecule has 1 aromatic heterocycles. The van der Waals surface area contributed by atoms with Crippen molar-refractivity contribution in [1.29, 1.82) is 0 Å². The Labute approximate surface area is 179 Å². The number of hydrogen-bond donors (Lipinski definition) is 2. The van der Waals surface area contributed by atoms with E-state index < -0.39 is 0 Å². The van der Waals surface area contributed by atoms with E-state index in [2.05, 4.69) is 45.8 Å². The van der Waals surface area contributed by atoms with Crippen LogP contribution in [-0.2, 0) is 4.74 Å². The molecule has 1 aliphatic carbocycles. The van der Waals surface area contributed by atoms with Crippen molar-refractivity contribution < 1.29 is 9.53 Å². The number of nitrogens with zero attached hydrogens (tertiary/aromatic N) is 2. The molecular weight excluding hydrogens is 376 g/mol. The normalized spacial score (nSPS) is 27.0. The number of amides is 2. The number of aromatic nitrogens is 2. The number of ether oxygens (including phenoxy) is 1. The number of aromatic amines is 1. The molecule has 2 aliphatic rings. The molecule has 4 rings (SSSR count). The number of H-pyrrole nitrogens is 1. The van der Waals surface area contributed by atoms with Gasteiger partial charge in [0.05, 0.1) is 24.4 Å². The van der Waals surface area contributed by atoms with Crippen molar-refractivity contribution in [3.05, 3.63) is 53.9 Å². The standard InChI is InChI=1S/C24H34N4O2/c1-2-25-24(29)28-16-6-9-21(22-14-15-26-27-22)23(28)17-30-20-12-10-19(11-13-20)18-7-4-3-5-8-18/h3-5,7-8,14-15,19-21,23H,2,6,9-13,16-17H2,1H3,(H,25,29)(H,26,27)/t19?,20?,21-,23+/m1/s1.